The van der Waals surface area contributed by atoms with Crippen molar-refractivity contribution in [3.05, 3.63) is 29.3 Å². The normalized spacial score (nSPS) is 11.2. The van der Waals surface area contributed by atoms with Crippen LogP contribution in [0.3, 0.4) is 0 Å². The molecule has 6 heteroatoms. The van der Waals surface area contributed by atoms with Crippen molar-refractivity contribution in [3.8, 4) is 0 Å². The zero-order valence-electron chi connectivity index (χ0n) is 11.6. The summed E-state index contributed by atoms with van der Waals surface area (Å²) in [6, 6.07) is 5.43. The lowest BCUT2D eigenvalue weighted by Gasteiger charge is -2.11. The predicted octanol–water partition coefficient (Wildman–Crippen LogP) is 3.50. The average Bonchev–Trinajstić information content (AvgIpc) is 2.36. The van der Waals surface area contributed by atoms with Gasteiger partial charge in [-0.1, -0.05) is 11.6 Å². The van der Waals surface area contributed by atoms with Crippen LogP contribution in [0.15, 0.2) is 18.2 Å². The molecule has 0 saturated heterocycles. The minimum absolute atomic E-state index is 0.0243. The zero-order chi connectivity index (χ0) is 15.2. The molecule has 2 N–H and O–H groups in total. The van der Waals surface area contributed by atoms with Gasteiger partial charge in [0.25, 0.3) is 5.91 Å². The van der Waals surface area contributed by atoms with Crippen molar-refractivity contribution >= 4 is 11.6 Å². The molecule has 0 bridgehead atoms. The summed E-state index contributed by atoms with van der Waals surface area (Å²) in [5.41, 5.74) is 2.15. The van der Waals surface area contributed by atoms with E-state index < -0.39 is 12.6 Å². The van der Waals surface area contributed by atoms with Gasteiger partial charge >= 0.3 is 6.18 Å². The number of amides is 1. The smallest absolute Gasteiger partial charge is 0.387 e. The maximum atomic E-state index is 12.0. The number of hydrogen-bond donors (Lipinski definition) is 2. The van der Waals surface area contributed by atoms with Crippen LogP contribution in [0.1, 0.15) is 35.2 Å². The van der Waals surface area contributed by atoms with E-state index in [1.807, 2.05) is 13.0 Å². The van der Waals surface area contributed by atoms with E-state index in [1.165, 1.54) is 0 Å². The van der Waals surface area contributed by atoms with E-state index in [4.69, 9.17) is 0 Å². The van der Waals surface area contributed by atoms with E-state index in [0.29, 0.717) is 17.7 Å². The van der Waals surface area contributed by atoms with Gasteiger partial charge in [-0.3, -0.25) is 4.79 Å². The molecule has 20 heavy (non-hydrogen) atoms. The Kier molecular flexibility index (Phi) is 5.85. The number of unbranched alkanes of at least 4 members (excludes halogenated alkanes) is 1. The Labute approximate surface area is 116 Å². The number of carbonyl (C=O) groups is 1. The van der Waals surface area contributed by atoms with E-state index >= 15 is 0 Å². The van der Waals surface area contributed by atoms with Crippen LogP contribution in [-0.4, -0.2) is 25.7 Å². The molecule has 0 radical (unpaired) electrons. The fourth-order valence-electron chi connectivity index (χ4n) is 1.81. The number of halogens is 3. The van der Waals surface area contributed by atoms with Gasteiger partial charge in [-0.25, -0.2) is 0 Å². The van der Waals surface area contributed by atoms with Gasteiger partial charge in [0.05, 0.1) is 5.56 Å². The first-order valence-electron chi connectivity index (χ1n) is 6.47. The Morgan fingerprint density at radius 1 is 1.25 bits per heavy atom. The molecular weight excluding hydrogens is 269 g/mol. The van der Waals surface area contributed by atoms with Crippen molar-refractivity contribution in [2.24, 2.45) is 0 Å². The Hall–Kier alpha value is -1.72. The third-order valence-electron chi connectivity index (χ3n) is 2.86. The lowest BCUT2D eigenvalue weighted by molar-refractivity contribution is -0.135. The van der Waals surface area contributed by atoms with E-state index in [0.717, 1.165) is 5.56 Å². The van der Waals surface area contributed by atoms with Crippen molar-refractivity contribution in [1.29, 1.82) is 0 Å². The van der Waals surface area contributed by atoms with Crippen LogP contribution in [0.4, 0.5) is 18.9 Å². The molecule has 0 aliphatic carbocycles. The number of aryl methyl sites for hydroxylation is 1. The van der Waals surface area contributed by atoms with Crippen LogP contribution < -0.4 is 10.6 Å². The molecule has 0 aliphatic rings. The van der Waals surface area contributed by atoms with Crippen molar-refractivity contribution in [2.75, 3.05) is 18.9 Å². The quantitative estimate of drug-likeness (QED) is 0.787. The average molecular weight is 288 g/mol. The van der Waals surface area contributed by atoms with Crippen molar-refractivity contribution in [1.82, 2.24) is 5.32 Å². The highest BCUT2D eigenvalue weighted by atomic mass is 19.4. The molecule has 0 aromatic heterocycles. The standard InChI is InChI=1S/C14H19F3N2O/c1-10-5-6-12(18-2)11(9-10)13(20)19-8-4-3-7-14(15,16)17/h5-6,9,18H,3-4,7-8H2,1-2H3,(H,19,20). The van der Waals surface area contributed by atoms with Crippen LogP contribution in [-0.2, 0) is 0 Å². The van der Waals surface area contributed by atoms with Gasteiger partial charge in [0.1, 0.15) is 0 Å². The summed E-state index contributed by atoms with van der Waals surface area (Å²) < 4.78 is 35.9. The number of nitrogens with one attached hydrogen (secondary N) is 2. The van der Waals surface area contributed by atoms with Gasteiger partial charge in [0.15, 0.2) is 0 Å². The second-order valence-corrected chi connectivity index (χ2v) is 4.63. The summed E-state index contributed by atoms with van der Waals surface area (Å²) in [6.45, 7) is 2.12. The zero-order valence-corrected chi connectivity index (χ0v) is 11.6. The molecule has 0 spiro atoms. The monoisotopic (exact) mass is 288 g/mol. The SMILES string of the molecule is CNc1ccc(C)cc1C(=O)NCCCCC(F)(F)F. The van der Waals surface area contributed by atoms with Gasteiger partial charge in [0, 0.05) is 25.7 Å². The highest BCUT2D eigenvalue weighted by molar-refractivity contribution is 5.99. The molecule has 1 aromatic carbocycles. The van der Waals surface area contributed by atoms with Crippen LogP contribution in [0, 0.1) is 6.92 Å². The third-order valence-corrected chi connectivity index (χ3v) is 2.86. The number of anilines is 1. The number of benzene rings is 1. The molecule has 0 heterocycles. The summed E-state index contributed by atoms with van der Waals surface area (Å²) in [6.07, 6.45) is -4.60. The first-order valence-corrected chi connectivity index (χ1v) is 6.47. The molecule has 1 rings (SSSR count). The second-order valence-electron chi connectivity index (χ2n) is 4.63. The highest BCUT2D eigenvalue weighted by Gasteiger charge is 2.25. The van der Waals surface area contributed by atoms with E-state index in [1.54, 1.807) is 19.2 Å². The Morgan fingerprint density at radius 3 is 2.55 bits per heavy atom. The number of hydrogen-bond acceptors (Lipinski definition) is 2. The molecule has 0 fully saturated rings. The Morgan fingerprint density at radius 2 is 1.95 bits per heavy atom. The number of rotatable bonds is 6. The maximum absolute atomic E-state index is 12.0. The fourth-order valence-corrected chi connectivity index (χ4v) is 1.81. The van der Waals surface area contributed by atoms with Gasteiger partial charge < -0.3 is 10.6 Å². The van der Waals surface area contributed by atoms with Crippen LogP contribution in [0.25, 0.3) is 0 Å². The van der Waals surface area contributed by atoms with Crippen molar-refractivity contribution in [2.45, 2.75) is 32.4 Å². The van der Waals surface area contributed by atoms with Crippen molar-refractivity contribution in [3.63, 3.8) is 0 Å². The van der Waals surface area contributed by atoms with E-state index in [9.17, 15) is 18.0 Å². The molecule has 3 nitrogen and oxygen atoms in total. The summed E-state index contributed by atoms with van der Waals surface area (Å²) in [5.74, 6) is -0.273. The summed E-state index contributed by atoms with van der Waals surface area (Å²) in [7, 11) is 1.71. The minimum Gasteiger partial charge on any atom is -0.387 e. The first kappa shape index (κ1) is 16.3. The lowest BCUT2D eigenvalue weighted by Crippen LogP contribution is -2.25. The molecule has 1 aromatic rings. The maximum Gasteiger partial charge on any atom is 0.389 e. The molecule has 0 atom stereocenters. The molecule has 112 valence electrons. The topological polar surface area (TPSA) is 41.1 Å². The van der Waals surface area contributed by atoms with Gasteiger partial charge in [-0.15, -0.1) is 0 Å². The summed E-state index contributed by atoms with van der Waals surface area (Å²) in [5, 5.41) is 5.56. The fraction of sp³-hybridized carbons (Fsp3) is 0.500. The van der Waals surface area contributed by atoms with Crippen LogP contribution in [0.5, 0.6) is 0 Å². The van der Waals surface area contributed by atoms with Gasteiger partial charge in [0.2, 0.25) is 0 Å². The van der Waals surface area contributed by atoms with E-state index in [-0.39, 0.29) is 18.9 Å². The largest absolute Gasteiger partial charge is 0.389 e. The Balaban J connectivity index is 2.45. The van der Waals surface area contributed by atoms with E-state index in [2.05, 4.69) is 10.6 Å². The third kappa shape index (κ3) is 5.50. The molecule has 0 unspecified atom stereocenters. The summed E-state index contributed by atoms with van der Waals surface area (Å²) in [4.78, 5) is 12.0. The lowest BCUT2D eigenvalue weighted by atomic mass is 10.1. The molecule has 0 aliphatic heterocycles. The minimum atomic E-state index is -4.13. The van der Waals surface area contributed by atoms with Gasteiger partial charge in [-0.05, 0) is 31.9 Å². The first-order chi connectivity index (χ1) is 9.33. The number of alkyl halides is 3. The van der Waals surface area contributed by atoms with Crippen LogP contribution in [0.2, 0.25) is 0 Å². The molecule has 0 saturated carbocycles. The second kappa shape index (κ2) is 7.17. The summed E-state index contributed by atoms with van der Waals surface area (Å²) >= 11 is 0. The Bertz CT molecular complexity index is 458. The highest BCUT2D eigenvalue weighted by Crippen LogP contribution is 2.22. The van der Waals surface area contributed by atoms with Crippen LogP contribution >= 0.6 is 0 Å². The number of carbonyl (C=O) groups excluding carboxylic acids is 1. The molecular formula is C14H19F3N2O. The van der Waals surface area contributed by atoms with Gasteiger partial charge in [-0.2, -0.15) is 13.2 Å². The predicted molar refractivity (Wildman–Crippen MR) is 73.0 cm³/mol. The van der Waals surface area contributed by atoms with Crippen molar-refractivity contribution < 1.29 is 18.0 Å². The molecule has 1 amide bonds.